The first-order valence-corrected chi connectivity index (χ1v) is 7.67. The van der Waals surface area contributed by atoms with Crippen LogP contribution < -0.4 is 0 Å². The molecule has 118 valence electrons. The summed E-state index contributed by atoms with van der Waals surface area (Å²) in [6, 6.07) is 5.83. The van der Waals surface area contributed by atoms with Crippen molar-refractivity contribution >= 4 is 11.2 Å². The molecule has 0 spiro atoms. The highest BCUT2D eigenvalue weighted by Gasteiger charge is 2.14. The number of H-pyrrole nitrogens is 2. The van der Waals surface area contributed by atoms with E-state index in [9.17, 15) is 0 Å². The first kappa shape index (κ1) is 13.8. The summed E-state index contributed by atoms with van der Waals surface area (Å²) >= 11 is 0. The standard InChI is InChI=1S/C16H18N6O/c1-10(2)6-11-7-13(21-20-11)15-18-14-8-17-22(16(14)19-15)9-12-4-3-5-23-12/h3-5,7-8,10H,6,9H2,1-2H3,(H,18,19)(H,20,21). The third-order valence-corrected chi connectivity index (χ3v) is 3.67. The van der Waals surface area contributed by atoms with Crippen molar-refractivity contribution in [1.82, 2.24) is 29.9 Å². The highest BCUT2D eigenvalue weighted by atomic mass is 16.3. The number of aromatic amines is 2. The molecule has 0 aromatic carbocycles. The Morgan fingerprint density at radius 2 is 2.26 bits per heavy atom. The van der Waals surface area contributed by atoms with E-state index in [0.29, 0.717) is 12.5 Å². The summed E-state index contributed by atoms with van der Waals surface area (Å²) in [6.07, 6.45) is 4.40. The third-order valence-electron chi connectivity index (χ3n) is 3.67. The molecule has 0 fully saturated rings. The van der Waals surface area contributed by atoms with Gasteiger partial charge in [0.05, 0.1) is 12.5 Å². The molecule has 7 heteroatoms. The van der Waals surface area contributed by atoms with Crippen LogP contribution in [0.1, 0.15) is 25.3 Å². The number of hydrogen-bond acceptors (Lipinski definition) is 4. The van der Waals surface area contributed by atoms with Crippen LogP contribution in [0.3, 0.4) is 0 Å². The maximum atomic E-state index is 5.37. The maximum absolute atomic E-state index is 5.37. The summed E-state index contributed by atoms with van der Waals surface area (Å²) in [7, 11) is 0. The summed E-state index contributed by atoms with van der Waals surface area (Å²) < 4.78 is 7.19. The van der Waals surface area contributed by atoms with Crippen LogP contribution in [0.2, 0.25) is 0 Å². The summed E-state index contributed by atoms with van der Waals surface area (Å²) in [5.74, 6) is 2.18. The molecular weight excluding hydrogens is 292 g/mol. The molecule has 0 atom stereocenters. The average molecular weight is 310 g/mol. The molecule has 4 aromatic rings. The van der Waals surface area contributed by atoms with E-state index in [0.717, 1.165) is 40.6 Å². The smallest absolute Gasteiger partial charge is 0.177 e. The molecule has 23 heavy (non-hydrogen) atoms. The van der Waals surface area contributed by atoms with Gasteiger partial charge >= 0.3 is 0 Å². The minimum Gasteiger partial charge on any atom is -0.467 e. The van der Waals surface area contributed by atoms with Gasteiger partial charge in [-0.1, -0.05) is 13.8 Å². The van der Waals surface area contributed by atoms with Crippen LogP contribution in [0, 0.1) is 5.92 Å². The van der Waals surface area contributed by atoms with Gasteiger partial charge in [0.15, 0.2) is 11.5 Å². The molecule has 0 radical (unpaired) electrons. The lowest BCUT2D eigenvalue weighted by Gasteiger charge is -1.98. The van der Waals surface area contributed by atoms with Gasteiger partial charge < -0.3 is 9.40 Å². The lowest BCUT2D eigenvalue weighted by Crippen LogP contribution is -2.00. The number of furan rings is 1. The number of nitrogens with zero attached hydrogens (tertiary/aromatic N) is 4. The molecule has 0 bridgehead atoms. The molecule has 4 heterocycles. The van der Waals surface area contributed by atoms with Gasteiger partial charge in [0.25, 0.3) is 0 Å². The van der Waals surface area contributed by atoms with Crippen molar-refractivity contribution in [1.29, 1.82) is 0 Å². The van der Waals surface area contributed by atoms with Crippen LogP contribution in [-0.4, -0.2) is 29.9 Å². The van der Waals surface area contributed by atoms with Gasteiger partial charge in [0.1, 0.15) is 23.5 Å². The van der Waals surface area contributed by atoms with E-state index < -0.39 is 0 Å². The predicted molar refractivity (Wildman–Crippen MR) is 85.8 cm³/mol. The van der Waals surface area contributed by atoms with Crippen molar-refractivity contribution in [3.05, 3.63) is 42.1 Å². The molecule has 4 rings (SSSR count). The fourth-order valence-electron chi connectivity index (χ4n) is 2.66. The second-order valence-electron chi connectivity index (χ2n) is 6.08. The molecule has 0 aliphatic heterocycles. The zero-order chi connectivity index (χ0) is 15.8. The number of imidazole rings is 1. The number of rotatable bonds is 5. The van der Waals surface area contributed by atoms with Crippen molar-refractivity contribution in [3.63, 3.8) is 0 Å². The van der Waals surface area contributed by atoms with Gasteiger partial charge in [-0.05, 0) is 30.5 Å². The van der Waals surface area contributed by atoms with E-state index in [-0.39, 0.29) is 0 Å². The Balaban J connectivity index is 1.64. The van der Waals surface area contributed by atoms with Crippen molar-refractivity contribution in [2.75, 3.05) is 0 Å². The van der Waals surface area contributed by atoms with Gasteiger partial charge in [-0.2, -0.15) is 10.2 Å². The molecule has 0 aliphatic rings. The third kappa shape index (κ3) is 2.65. The van der Waals surface area contributed by atoms with Crippen molar-refractivity contribution in [3.8, 4) is 11.5 Å². The van der Waals surface area contributed by atoms with Crippen LogP contribution in [-0.2, 0) is 13.0 Å². The van der Waals surface area contributed by atoms with E-state index in [4.69, 9.17) is 4.42 Å². The molecular formula is C16H18N6O. The van der Waals surface area contributed by atoms with Crippen LogP contribution >= 0.6 is 0 Å². The van der Waals surface area contributed by atoms with E-state index in [1.807, 2.05) is 22.9 Å². The summed E-state index contributed by atoms with van der Waals surface area (Å²) in [6.45, 7) is 4.93. The van der Waals surface area contributed by atoms with Crippen molar-refractivity contribution < 1.29 is 4.42 Å². The van der Waals surface area contributed by atoms with E-state index >= 15 is 0 Å². The summed E-state index contributed by atoms with van der Waals surface area (Å²) in [5, 5.41) is 11.8. The Bertz CT molecular complexity index is 912. The van der Waals surface area contributed by atoms with Crippen LogP contribution in [0.25, 0.3) is 22.7 Å². The molecule has 7 nitrogen and oxygen atoms in total. The molecule has 2 N–H and O–H groups in total. The quantitative estimate of drug-likeness (QED) is 0.593. The highest BCUT2D eigenvalue weighted by molar-refractivity contribution is 5.75. The molecule has 0 unspecified atom stereocenters. The topological polar surface area (TPSA) is 88.3 Å². The maximum Gasteiger partial charge on any atom is 0.177 e. The number of fused-ring (bicyclic) bond motifs is 1. The Morgan fingerprint density at radius 3 is 3.04 bits per heavy atom. The van der Waals surface area contributed by atoms with Gasteiger partial charge in [-0.3, -0.25) is 5.10 Å². The van der Waals surface area contributed by atoms with E-state index in [1.165, 1.54) is 0 Å². The summed E-state index contributed by atoms with van der Waals surface area (Å²) in [5.41, 5.74) is 3.62. The zero-order valence-corrected chi connectivity index (χ0v) is 13.1. The Hall–Kier alpha value is -2.83. The first-order chi connectivity index (χ1) is 11.2. The number of hydrogen-bond donors (Lipinski definition) is 2. The van der Waals surface area contributed by atoms with Gasteiger partial charge in [0.2, 0.25) is 0 Å². The lowest BCUT2D eigenvalue weighted by atomic mass is 10.1. The molecule has 0 aliphatic carbocycles. The van der Waals surface area contributed by atoms with Crippen LogP contribution in [0.15, 0.2) is 35.1 Å². The molecule has 4 aromatic heterocycles. The van der Waals surface area contributed by atoms with Crippen molar-refractivity contribution in [2.45, 2.75) is 26.8 Å². The Kier molecular flexibility index (Phi) is 3.25. The SMILES string of the molecule is CC(C)Cc1cc(-c2nc3c(cnn3Cc3ccco3)[nH]2)n[nH]1. The number of nitrogens with one attached hydrogen (secondary N) is 2. The van der Waals surface area contributed by atoms with Gasteiger partial charge in [-0.25, -0.2) is 9.67 Å². The zero-order valence-electron chi connectivity index (χ0n) is 13.1. The summed E-state index contributed by atoms with van der Waals surface area (Å²) in [4.78, 5) is 7.91. The molecule has 0 amide bonds. The van der Waals surface area contributed by atoms with Gasteiger partial charge in [0, 0.05) is 5.69 Å². The second-order valence-corrected chi connectivity index (χ2v) is 6.08. The number of aromatic nitrogens is 6. The van der Waals surface area contributed by atoms with E-state index in [2.05, 4.69) is 39.1 Å². The van der Waals surface area contributed by atoms with Crippen LogP contribution in [0.5, 0.6) is 0 Å². The first-order valence-electron chi connectivity index (χ1n) is 7.67. The minimum atomic E-state index is 0.556. The van der Waals surface area contributed by atoms with Crippen molar-refractivity contribution in [2.24, 2.45) is 5.92 Å². The lowest BCUT2D eigenvalue weighted by molar-refractivity contribution is 0.483. The predicted octanol–water partition coefficient (Wildman–Crippen LogP) is 2.99. The normalized spacial score (nSPS) is 11.8. The molecule has 0 saturated heterocycles. The second kappa shape index (κ2) is 5.42. The highest BCUT2D eigenvalue weighted by Crippen LogP contribution is 2.20. The monoisotopic (exact) mass is 310 g/mol. The Morgan fingerprint density at radius 1 is 1.35 bits per heavy atom. The van der Waals surface area contributed by atoms with Gasteiger partial charge in [-0.15, -0.1) is 0 Å². The minimum absolute atomic E-state index is 0.556. The molecule has 0 saturated carbocycles. The van der Waals surface area contributed by atoms with E-state index in [1.54, 1.807) is 12.5 Å². The van der Waals surface area contributed by atoms with Crippen LogP contribution in [0.4, 0.5) is 0 Å². The Labute approximate surface area is 132 Å². The average Bonchev–Trinajstić information content (AvgIpc) is 3.24. The fraction of sp³-hybridized carbons (Fsp3) is 0.312. The fourth-order valence-corrected chi connectivity index (χ4v) is 2.66. The largest absolute Gasteiger partial charge is 0.467 e.